The molecule has 0 spiro atoms. The van der Waals surface area contributed by atoms with Crippen molar-refractivity contribution in [1.82, 2.24) is 0 Å². The average Bonchev–Trinajstić information content (AvgIpc) is 3.14. The van der Waals surface area contributed by atoms with Crippen LogP contribution < -0.4 is 5.32 Å². The lowest BCUT2D eigenvalue weighted by Gasteiger charge is -2.04. The molecule has 0 saturated heterocycles. The molecule has 0 aliphatic carbocycles. The minimum atomic E-state index is -1.01. The number of nitrogens with zero attached hydrogens (tertiary/aromatic N) is 1. The van der Waals surface area contributed by atoms with Crippen LogP contribution in [0, 0.1) is 11.3 Å². The van der Waals surface area contributed by atoms with E-state index in [-0.39, 0.29) is 11.1 Å². The molecule has 0 fully saturated rings. The molecule has 0 radical (unpaired) electrons. The Morgan fingerprint density at radius 2 is 1.86 bits per heavy atom. The zero-order valence-corrected chi connectivity index (χ0v) is 15.9. The number of carbonyl (C=O) groups excluding carboxylic acids is 1. The highest BCUT2D eigenvalue weighted by Gasteiger charge is 2.12. The van der Waals surface area contributed by atoms with Crippen molar-refractivity contribution in [2.75, 3.05) is 5.32 Å². The Kier molecular flexibility index (Phi) is 5.72. The van der Waals surface area contributed by atoms with Gasteiger partial charge in [-0.3, -0.25) is 4.79 Å². The van der Waals surface area contributed by atoms with Gasteiger partial charge < -0.3 is 14.8 Å². The number of carboxylic acid groups (broad SMARTS) is 1. The first-order chi connectivity index (χ1) is 13.5. The second kappa shape index (κ2) is 8.37. The highest BCUT2D eigenvalue weighted by molar-refractivity contribution is 9.10. The number of rotatable bonds is 5. The molecule has 3 aromatic rings. The second-order valence-electron chi connectivity index (χ2n) is 5.72. The maximum atomic E-state index is 12.3. The quantitative estimate of drug-likeness (QED) is 0.434. The number of nitriles is 1. The molecule has 1 aromatic heterocycles. The topological polar surface area (TPSA) is 103 Å². The van der Waals surface area contributed by atoms with Gasteiger partial charge in [0.1, 0.15) is 23.2 Å². The zero-order chi connectivity index (χ0) is 20.1. The lowest BCUT2D eigenvalue weighted by molar-refractivity contribution is -0.112. The summed E-state index contributed by atoms with van der Waals surface area (Å²) in [6, 6.07) is 18.4. The van der Waals surface area contributed by atoms with E-state index in [0.717, 1.165) is 4.47 Å². The van der Waals surface area contributed by atoms with Crippen molar-refractivity contribution < 1.29 is 19.1 Å². The van der Waals surface area contributed by atoms with Gasteiger partial charge in [-0.1, -0.05) is 34.1 Å². The predicted molar refractivity (Wildman–Crippen MR) is 107 cm³/mol. The predicted octanol–water partition coefficient (Wildman–Crippen LogP) is 4.95. The lowest BCUT2D eigenvalue weighted by Crippen LogP contribution is -2.13. The number of benzene rings is 2. The second-order valence-corrected chi connectivity index (χ2v) is 6.63. The number of hydrogen-bond acceptors (Lipinski definition) is 4. The largest absolute Gasteiger partial charge is 0.478 e. The third-order valence-corrected chi connectivity index (χ3v) is 4.27. The minimum absolute atomic E-state index is 0.109. The number of aromatic carboxylic acids is 1. The Morgan fingerprint density at radius 1 is 1.11 bits per heavy atom. The van der Waals surface area contributed by atoms with Crippen molar-refractivity contribution in [1.29, 1.82) is 5.26 Å². The highest BCUT2D eigenvalue weighted by Crippen LogP contribution is 2.24. The third-order valence-electron chi connectivity index (χ3n) is 3.78. The first-order valence-electron chi connectivity index (χ1n) is 8.08. The van der Waals surface area contributed by atoms with Gasteiger partial charge in [0.2, 0.25) is 0 Å². The summed E-state index contributed by atoms with van der Waals surface area (Å²) in [5, 5.41) is 20.9. The van der Waals surface area contributed by atoms with E-state index in [4.69, 9.17) is 9.52 Å². The zero-order valence-electron chi connectivity index (χ0n) is 14.3. The van der Waals surface area contributed by atoms with Crippen molar-refractivity contribution in [3.63, 3.8) is 0 Å². The molecule has 0 bridgehead atoms. The van der Waals surface area contributed by atoms with Crippen molar-refractivity contribution in [3.8, 4) is 17.4 Å². The molecule has 3 rings (SSSR count). The summed E-state index contributed by atoms with van der Waals surface area (Å²) in [7, 11) is 0. The lowest BCUT2D eigenvalue weighted by atomic mass is 10.1. The van der Waals surface area contributed by atoms with Crippen LogP contribution in [0.25, 0.3) is 17.4 Å². The van der Waals surface area contributed by atoms with Crippen molar-refractivity contribution in [2.45, 2.75) is 0 Å². The van der Waals surface area contributed by atoms with E-state index in [0.29, 0.717) is 22.8 Å². The van der Waals surface area contributed by atoms with Gasteiger partial charge in [-0.15, -0.1) is 0 Å². The number of amides is 1. The Labute approximate surface area is 168 Å². The maximum absolute atomic E-state index is 12.3. The molecule has 6 nitrogen and oxygen atoms in total. The molecule has 0 saturated carbocycles. The van der Waals surface area contributed by atoms with Crippen LogP contribution >= 0.6 is 15.9 Å². The third kappa shape index (κ3) is 4.55. The van der Waals surface area contributed by atoms with Gasteiger partial charge in [-0.05, 0) is 42.5 Å². The van der Waals surface area contributed by atoms with Crippen molar-refractivity contribution in [2.24, 2.45) is 0 Å². The molecule has 2 aromatic carbocycles. The molecular weight excluding hydrogens is 424 g/mol. The fourth-order valence-corrected chi connectivity index (χ4v) is 2.82. The normalized spacial score (nSPS) is 10.9. The van der Waals surface area contributed by atoms with Crippen LogP contribution in [-0.2, 0) is 4.79 Å². The van der Waals surface area contributed by atoms with E-state index < -0.39 is 11.9 Å². The molecule has 0 unspecified atom stereocenters. The van der Waals surface area contributed by atoms with Gasteiger partial charge in [0, 0.05) is 21.8 Å². The molecule has 2 N–H and O–H groups in total. The molecule has 0 aliphatic rings. The fraction of sp³-hybridized carbons (Fsp3) is 0. The number of carbonyl (C=O) groups is 2. The summed E-state index contributed by atoms with van der Waals surface area (Å²) in [4.78, 5) is 23.2. The number of furan rings is 1. The summed E-state index contributed by atoms with van der Waals surface area (Å²) >= 11 is 3.32. The van der Waals surface area contributed by atoms with E-state index in [1.54, 1.807) is 42.5 Å². The maximum Gasteiger partial charge on any atom is 0.335 e. The van der Waals surface area contributed by atoms with Crippen LogP contribution in [0.2, 0.25) is 0 Å². The van der Waals surface area contributed by atoms with E-state index >= 15 is 0 Å². The summed E-state index contributed by atoms with van der Waals surface area (Å²) in [5.74, 6) is -0.736. The fourth-order valence-electron chi connectivity index (χ4n) is 2.42. The van der Waals surface area contributed by atoms with Gasteiger partial charge in [0.15, 0.2) is 0 Å². The smallest absolute Gasteiger partial charge is 0.335 e. The monoisotopic (exact) mass is 436 g/mol. The SMILES string of the molecule is N#CC(=Cc1ccc(-c2ccc(C(=O)O)cc2)o1)C(=O)Nc1cccc(Br)c1. The molecule has 28 heavy (non-hydrogen) atoms. The number of hydrogen-bond donors (Lipinski definition) is 2. The van der Waals surface area contributed by atoms with Crippen molar-refractivity contribution >= 4 is 39.6 Å². The Morgan fingerprint density at radius 3 is 2.50 bits per heavy atom. The van der Waals surface area contributed by atoms with Gasteiger partial charge >= 0.3 is 5.97 Å². The Balaban J connectivity index is 1.79. The molecule has 0 aliphatic heterocycles. The molecule has 0 atom stereocenters. The van der Waals surface area contributed by atoms with Gasteiger partial charge in [-0.2, -0.15) is 5.26 Å². The van der Waals surface area contributed by atoms with Crippen LogP contribution in [-0.4, -0.2) is 17.0 Å². The highest BCUT2D eigenvalue weighted by atomic mass is 79.9. The standard InChI is InChI=1S/C21H13BrN2O4/c22-16-2-1-3-17(11-16)24-20(25)15(12-23)10-18-8-9-19(28-18)13-4-6-14(7-5-13)21(26)27/h1-11H,(H,24,25)(H,26,27). The average molecular weight is 437 g/mol. The summed E-state index contributed by atoms with van der Waals surface area (Å²) in [6.45, 7) is 0. The first-order valence-corrected chi connectivity index (χ1v) is 8.88. The van der Waals surface area contributed by atoms with Crippen LogP contribution in [0.5, 0.6) is 0 Å². The van der Waals surface area contributed by atoms with Crippen LogP contribution in [0.1, 0.15) is 16.1 Å². The van der Waals surface area contributed by atoms with E-state index in [2.05, 4.69) is 21.2 Å². The van der Waals surface area contributed by atoms with Crippen LogP contribution in [0.15, 0.2) is 75.1 Å². The molecule has 1 amide bonds. The molecule has 1 heterocycles. The number of anilines is 1. The summed E-state index contributed by atoms with van der Waals surface area (Å²) in [5.41, 5.74) is 1.30. The Hall–Kier alpha value is -3.63. The minimum Gasteiger partial charge on any atom is -0.478 e. The number of carboxylic acids is 1. The van der Waals surface area contributed by atoms with Crippen molar-refractivity contribution in [3.05, 3.63) is 82.0 Å². The van der Waals surface area contributed by atoms with Crippen LogP contribution in [0.4, 0.5) is 5.69 Å². The first kappa shape index (κ1) is 19.1. The number of nitrogens with one attached hydrogen (secondary N) is 1. The van der Waals surface area contributed by atoms with Gasteiger partial charge in [-0.25, -0.2) is 4.79 Å². The van der Waals surface area contributed by atoms with Gasteiger partial charge in [0.05, 0.1) is 5.56 Å². The molecular formula is C21H13BrN2O4. The summed E-state index contributed by atoms with van der Waals surface area (Å²) < 4.78 is 6.46. The van der Waals surface area contributed by atoms with E-state index in [9.17, 15) is 14.9 Å². The molecule has 7 heteroatoms. The van der Waals surface area contributed by atoms with E-state index in [1.165, 1.54) is 18.2 Å². The van der Waals surface area contributed by atoms with E-state index in [1.807, 2.05) is 12.1 Å². The molecule has 138 valence electrons. The number of halogens is 1. The summed E-state index contributed by atoms with van der Waals surface area (Å²) in [6.07, 6.45) is 1.35. The van der Waals surface area contributed by atoms with Gasteiger partial charge in [0.25, 0.3) is 5.91 Å². The Bertz CT molecular complexity index is 1110. The van der Waals surface area contributed by atoms with Crippen LogP contribution in [0.3, 0.4) is 0 Å².